The van der Waals surface area contributed by atoms with E-state index >= 15 is 0 Å². The molecule has 23 heavy (non-hydrogen) atoms. The lowest BCUT2D eigenvalue weighted by Gasteiger charge is -2.15. The Hall–Kier alpha value is -1.31. The zero-order valence-corrected chi connectivity index (χ0v) is 15.7. The molecule has 2 rings (SSSR count). The lowest BCUT2D eigenvalue weighted by atomic mass is 10.0. The summed E-state index contributed by atoms with van der Waals surface area (Å²) in [5.41, 5.74) is 1.84. The van der Waals surface area contributed by atoms with Crippen molar-refractivity contribution in [2.24, 2.45) is 7.05 Å². The Bertz CT molecular complexity index is 682. The molecule has 0 amide bonds. The van der Waals surface area contributed by atoms with Gasteiger partial charge in [-0.2, -0.15) is 13.2 Å². The number of nitrogens with zero attached hydrogens (tertiary/aromatic N) is 2. The minimum absolute atomic E-state index is 0. The fourth-order valence-corrected chi connectivity index (χ4v) is 2.68. The van der Waals surface area contributed by atoms with Crippen LogP contribution < -0.4 is 33.4 Å². The summed E-state index contributed by atoms with van der Waals surface area (Å²) in [6.07, 6.45) is -1.65. The Morgan fingerprint density at radius 3 is 2.26 bits per heavy atom. The van der Waals surface area contributed by atoms with Crippen LogP contribution in [0.2, 0.25) is 0 Å². The van der Waals surface area contributed by atoms with Crippen LogP contribution in [0.25, 0.3) is 11.1 Å². The molecular formula is C17H20F3IN2. The van der Waals surface area contributed by atoms with Crippen molar-refractivity contribution in [2.75, 3.05) is 19.0 Å². The highest BCUT2D eigenvalue weighted by Gasteiger charge is 2.30. The third-order valence-corrected chi connectivity index (χ3v) is 3.61. The Labute approximate surface area is 152 Å². The number of benzene rings is 1. The molecule has 0 bridgehead atoms. The molecule has 1 aromatic carbocycles. The molecule has 0 radical (unpaired) electrons. The molecule has 1 aromatic heterocycles. The molecular weight excluding hydrogens is 416 g/mol. The fraction of sp³-hybridized carbons (Fsp3) is 0.353. The second kappa shape index (κ2) is 7.51. The van der Waals surface area contributed by atoms with Crippen molar-refractivity contribution < 1.29 is 41.7 Å². The summed E-state index contributed by atoms with van der Waals surface area (Å²) in [5, 5.41) is 0. The number of rotatable bonds is 3. The number of alkyl halides is 3. The van der Waals surface area contributed by atoms with E-state index in [4.69, 9.17) is 0 Å². The van der Waals surface area contributed by atoms with E-state index < -0.39 is 11.7 Å². The monoisotopic (exact) mass is 436 g/mol. The molecule has 2 aromatic rings. The van der Waals surface area contributed by atoms with Gasteiger partial charge in [0.05, 0.1) is 32.9 Å². The minimum Gasteiger partial charge on any atom is -1.00 e. The van der Waals surface area contributed by atoms with Crippen LogP contribution in [-0.4, -0.2) is 14.1 Å². The number of halogens is 4. The van der Waals surface area contributed by atoms with E-state index in [-0.39, 0.29) is 24.0 Å². The van der Waals surface area contributed by atoms with Gasteiger partial charge in [-0.05, 0) is 30.2 Å². The van der Waals surface area contributed by atoms with Gasteiger partial charge >= 0.3 is 6.18 Å². The van der Waals surface area contributed by atoms with Gasteiger partial charge in [0.25, 0.3) is 5.82 Å². The quantitative estimate of drug-likeness (QED) is 0.511. The van der Waals surface area contributed by atoms with Crippen molar-refractivity contribution in [3.63, 3.8) is 0 Å². The minimum atomic E-state index is -4.32. The molecule has 0 saturated carbocycles. The van der Waals surface area contributed by atoms with Crippen LogP contribution >= 0.6 is 0 Å². The molecule has 0 atom stereocenters. The van der Waals surface area contributed by atoms with Crippen molar-refractivity contribution >= 4 is 5.82 Å². The molecule has 0 unspecified atom stereocenters. The highest BCUT2D eigenvalue weighted by molar-refractivity contribution is 5.65. The Morgan fingerprint density at radius 1 is 1.09 bits per heavy atom. The smallest absolute Gasteiger partial charge is 0.416 e. The van der Waals surface area contributed by atoms with Gasteiger partial charge in [0.15, 0.2) is 0 Å². The largest absolute Gasteiger partial charge is 1.00 e. The first-order chi connectivity index (χ1) is 10.2. The Morgan fingerprint density at radius 2 is 1.74 bits per heavy atom. The number of pyridine rings is 1. The molecule has 126 valence electrons. The van der Waals surface area contributed by atoms with Gasteiger partial charge in [-0.25, -0.2) is 4.57 Å². The number of aryl methyl sites for hydroxylation is 2. The summed E-state index contributed by atoms with van der Waals surface area (Å²) >= 11 is 0. The van der Waals surface area contributed by atoms with E-state index in [0.717, 1.165) is 29.4 Å². The first-order valence-corrected chi connectivity index (χ1v) is 7.11. The number of hydrogen-bond donors (Lipinski definition) is 0. The van der Waals surface area contributed by atoms with E-state index in [1.54, 1.807) is 6.07 Å². The van der Waals surface area contributed by atoms with Crippen molar-refractivity contribution in [1.29, 1.82) is 0 Å². The van der Waals surface area contributed by atoms with Crippen LogP contribution in [0.1, 0.15) is 18.1 Å². The Balaban J connectivity index is 0.00000264. The average Bonchev–Trinajstić information content (AvgIpc) is 2.45. The molecule has 2 nitrogen and oxygen atoms in total. The maximum absolute atomic E-state index is 12.9. The van der Waals surface area contributed by atoms with Gasteiger partial charge in [-0.1, -0.05) is 19.1 Å². The first-order valence-electron chi connectivity index (χ1n) is 7.11. The molecule has 0 saturated heterocycles. The highest BCUT2D eigenvalue weighted by atomic mass is 127. The average molecular weight is 436 g/mol. The molecule has 0 aliphatic heterocycles. The summed E-state index contributed by atoms with van der Waals surface area (Å²) in [4.78, 5) is 2.01. The third-order valence-electron chi connectivity index (χ3n) is 3.61. The van der Waals surface area contributed by atoms with Crippen LogP contribution in [0.3, 0.4) is 0 Å². The van der Waals surface area contributed by atoms with Gasteiger partial charge in [0.1, 0.15) is 0 Å². The number of hydrogen-bond acceptors (Lipinski definition) is 1. The molecule has 0 fully saturated rings. The lowest BCUT2D eigenvalue weighted by Crippen LogP contribution is -3.00. The SMILES string of the molecule is CCc1cc(-c2cccc(C(F)(F)F)c2)c[n+](C)c1N(C)C.[I-]. The van der Waals surface area contributed by atoms with Crippen molar-refractivity contribution in [2.45, 2.75) is 19.5 Å². The second-order valence-corrected chi connectivity index (χ2v) is 5.52. The predicted octanol–water partition coefficient (Wildman–Crippen LogP) is 0.829. The van der Waals surface area contributed by atoms with E-state index in [1.807, 2.05) is 49.8 Å². The van der Waals surface area contributed by atoms with Gasteiger partial charge in [0.2, 0.25) is 0 Å². The maximum atomic E-state index is 12.9. The lowest BCUT2D eigenvalue weighted by molar-refractivity contribution is -0.658. The maximum Gasteiger partial charge on any atom is 0.416 e. The zero-order valence-electron chi connectivity index (χ0n) is 13.6. The van der Waals surface area contributed by atoms with Gasteiger partial charge in [-0.3, -0.25) is 4.90 Å². The molecule has 1 heterocycles. The zero-order chi connectivity index (χ0) is 16.5. The summed E-state index contributed by atoms with van der Waals surface area (Å²) in [6, 6.07) is 7.41. The standard InChI is InChI=1S/C17H20F3N2.HI/c1-5-12-9-14(11-22(4)16(12)21(2)3)13-7-6-8-15(10-13)17(18,19)20;/h6-11H,5H2,1-4H3;1H/q+1;/p-1. The normalized spacial score (nSPS) is 11.1. The molecule has 0 N–H and O–H groups in total. The summed E-state index contributed by atoms with van der Waals surface area (Å²) < 4.78 is 40.6. The van der Waals surface area contributed by atoms with Gasteiger partial charge in [0, 0.05) is 11.1 Å². The third kappa shape index (κ3) is 4.37. The van der Waals surface area contributed by atoms with E-state index in [1.165, 1.54) is 12.1 Å². The molecule has 0 spiro atoms. The van der Waals surface area contributed by atoms with Gasteiger partial charge < -0.3 is 24.0 Å². The van der Waals surface area contributed by atoms with E-state index in [2.05, 4.69) is 0 Å². The first kappa shape index (κ1) is 19.7. The topological polar surface area (TPSA) is 7.12 Å². The molecule has 0 aliphatic rings. The van der Waals surface area contributed by atoms with Crippen LogP contribution in [0.15, 0.2) is 36.5 Å². The predicted molar refractivity (Wildman–Crippen MR) is 81.8 cm³/mol. The highest BCUT2D eigenvalue weighted by Crippen LogP contribution is 2.32. The van der Waals surface area contributed by atoms with Gasteiger partial charge in [-0.15, -0.1) is 0 Å². The van der Waals surface area contributed by atoms with Crippen molar-refractivity contribution in [3.05, 3.63) is 47.7 Å². The number of anilines is 1. The second-order valence-electron chi connectivity index (χ2n) is 5.52. The summed E-state index contributed by atoms with van der Waals surface area (Å²) in [5.74, 6) is 1.05. The van der Waals surface area contributed by atoms with Crippen LogP contribution in [0, 0.1) is 0 Å². The van der Waals surface area contributed by atoms with E-state index in [9.17, 15) is 13.2 Å². The molecule has 0 aliphatic carbocycles. The van der Waals surface area contributed by atoms with Crippen molar-refractivity contribution in [1.82, 2.24) is 0 Å². The Kier molecular flexibility index (Phi) is 6.44. The van der Waals surface area contributed by atoms with E-state index in [0.29, 0.717) is 5.56 Å². The molecule has 6 heteroatoms. The summed E-state index contributed by atoms with van der Waals surface area (Å²) in [7, 11) is 5.82. The number of aromatic nitrogens is 1. The van der Waals surface area contributed by atoms with Crippen LogP contribution in [0.4, 0.5) is 19.0 Å². The fourth-order valence-electron chi connectivity index (χ4n) is 2.68. The summed E-state index contributed by atoms with van der Waals surface area (Å²) in [6.45, 7) is 2.04. The van der Waals surface area contributed by atoms with Crippen LogP contribution in [0.5, 0.6) is 0 Å². The van der Waals surface area contributed by atoms with Crippen molar-refractivity contribution in [3.8, 4) is 11.1 Å². The van der Waals surface area contributed by atoms with Crippen LogP contribution in [-0.2, 0) is 19.6 Å².